The Bertz CT molecular complexity index is 315. The lowest BCUT2D eigenvalue weighted by molar-refractivity contribution is 0.319. The highest BCUT2D eigenvalue weighted by Crippen LogP contribution is 2.18. The molecule has 2 nitrogen and oxygen atoms in total. The molecule has 16 heavy (non-hydrogen) atoms. The van der Waals surface area contributed by atoms with Gasteiger partial charge in [-0.1, -0.05) is 30.7 Å². The Morgan fingerprint density at radius 2 is 2.12 bits per heavy atom. The van der Waals surface area contributed by atoms with E-state index < -0.39 is 0 Å². The Morgan fingerprint density at radius 1 is 1.38 bits per heavy atom. The second-order valence-corrected chi connectivity index (χ2v) is 4.69. The predicted octanol–water partition coefficient (Wildman–Crippen LogP) is 3.07. The maximum absolute atomic E-state index is 6.12. The normalized spacial score (nSPS) is 13.1. The topological polar surface area (TPSA) is 29.3 Å². The van der Waals surface area contributed by atoms with Gasteiger partial charge in [0.25, 0.3) is 0 Å². The van der Waals surface area contributed by atoms with E-state index in [1.165, 1.54) is 6.42 Å². The molecule has 0 saturated heterocycles. The van der Waals surface area contributed by atoms with Gasteiger partial charge in [0, 0.05) is 11.1 Å². The van der Waals surface area contributed by atoms with Crippen molar-refractivity contribution in [1.82, 2.24) is 4.90 Å². The molecule has 90 valence electrons. The summed E-state index contributed by atoms with van der Waals surface area (Å²) in [5, 5.41) is 0.759. The summed E-state index contributed by atoms with van der Waals surface area (Å²) in [6, 6.07) is 7.90. The molecule has 0 aromatic heterocycles. The first kappa shape index (κ1) is 13.5. The van der Waals surface area contributed by atoms with Crippen LogP contribution in [-0.2, 0) is 0 Å². The first-order valence-electron chi connectivity index (χ1n) is 5.83. The van der Waals surface area contributed by atoms with Crippen LogP contribution in [0, 0.1) is 0 Å². The van der Waals surface area contributed by atoms with Crippen LogP contribution in [0.2, 0.25) is 5.02 Å². The van der Waals surface area contributed by atoms with Crippen molar-refractivity contribution in [2.24, 2.45) is 5.73 Å². The Kier molecular flexibility index (Phi) is 5.81. The molecule has 3 heteroatoms. The van der Waals surface area contributed by atoms with Crippen molar-refractivity contribution in [1.29, 1.82) is 0 Å². The molecule has 1 aromatic carbocycles. The van der Waals surface area contributed by atoms with Crippen molar-refractivity contribution in [2.75, 3.05) is 20.1 Å². The van der Waals surface area contributed by atoms with Gasteiger partial charge >= 0.3 is 0 Å². The second-order valence-electron chi connectivity index (χ2n) is 4.25. The van der Waals surface area contributed by atoms with E-state index in [9.17, 15) is 0 Å². The summed E-state index contributed by atoms with van der Waals surface area (Å²) in [5.41, 5.74) is 7.25. The largest absolute Gasteiger partial charge is 0.324 e. The SMILES string of the molecule is CCCN(C)CCC(N)c1cccc(Cl)c1. The lowest BCUT2D eigenvalue weighted by atomic mass is 10.0. The molecule has 2 N–H and O–H groups in total. The molecule has 1 rings (SSSR count). The maximum Gasteiger partial charge on any atom is 0.0409 e. The number of hydrogen-bond acceptors (Lipinski definition) is 2. The van der Waals surface area contributed by atoms with Crippen LogP contribution < -0.4 is 5.73 Å². The van der Waals surface area contributed by atoms with Gasteiger partial charge in [-0.15, -0.1) is 0 Å². The minimum absolute atomic E-state index is 0.0815. The van der Waals surface area contributed by atoms with Crippen molar-refractivity contribution < 1.29 is 0 Å². The minimum atomic E-state index is 0.0815. The van der Waals surface area contributed by atoms with E-state index >= 15 is 0 Å². The van der Waals surface area contributed by atoms with Crippen LogP contribution in [0.3, 0.4) is 0 Å². The lowest BCUT2D eigenvalue weighted by Gasteiger charge is -2.18. The summed E-state index contributed by atoms with van der Waals surface area (Å²) < 4.78 is 0. The van der Waals surface area contributed by atoms with E-state index in [1.807, 2.05) is 24.3 Å². The first-order valence-corrected chi connectivity index (χ1v) is 6.21. The fourth-order valence-electron chi connectivity index (χ4n) is 1.76. The number of nitrogens with two attached hydrogens (primary N) is 1. The average Bonchev–Trinajstić information content (AvgIpc) is 2.26. The zero-order valence-electron chi connectivity index (χ0n) is 10.1. The van der Waals surface area contributed by atoms with Crippen LogP contribution in [0.25, 0.3) is 0 Å². The van der Waals surface area contributed by atoms with Crippen molar-refractivity contribution in [3.05, 3.63) is 34.9 Å². The maximum atomic E-state index is 6.12. The zero-order chi connectivity index (χ0) is 12.0. The van der Waals surface area contributed by atoms with Gasteiger partial charge < -0.3 is 10.6 Å². The van der Waals surface area contributed by atoms with Gasteiger partial charge in [0.15, 0.2) is 0 Å². The number of halogens is 1. The van der Waals surface area contributed by atoms with E-state index in [4.69, 9.17) is 17.3 Å². The summed E-state index contributed by atoms with van der Waals surface area (Å²) in [4.78, 5) is 2.31. The molecule has 0 bridgehead atoms. The highest BCUT2D eigenvalue weighted by molar-refractivity contribution is 6.30. The van der Waals surface area contributed by atoms with Gasteiger partial charge in [0.2, 0.25) is 0 Å². The average molecular weight is 241 g/mol. The fraction of sp³-hybridized carbons (Fsp3) is 0.538. The number of hydrogen-bond donors (Lipinski definition) is 1. The van der Waals surface area contributed by atoms with E-state index in [1.54, 1.807) is 0 Å². The third-order valence-corrected chi connectivity index (χ3v) is 2.94. The summed E-state index contributed by atoms with van der Waals surface area (Å²) >= 11 is 5.94. The van der Waals surface area contributed by atoms with Crippen molar-refractivity contribution in [2.45, 2.75) is 25.8 Å². The zero-order valence-corrected chi connectivity index (χ0v) is 10.9. The Hall–Kier alpha value is -0.570. The van der Waals surface area contributed by atoms with Crippen LogP contribution in [0.4, 0.5) is 0 Å². The molecule has 0 radical (unpaired) electrons. The van der Waals surface area contributed by atoms with E-state index in [2.05, 4.69) is 18.9 Å². The van der Waals surface area contributed by atoms with Crippen LogP contribution in [0.5, 0.6) is 0 Å². The van der Waals surface area contributed by atoms with Crippen LogP contribution >= 0.6 is 11.6 Å². The van der Waals surface area contributed by atoms with Crippen LogP contribution in [-0.4, -0.2) is 25.0 Å². The smallest absolute Gasteiger partial charge is 0.0409 e. The second kappa shape index (κ2) is 6.89. The van der Waals surface area contributed by atoms with Crippen molar-refractivity contribution >= 4 is 11.6 Å². The highest BCUT2D eigenvalue weighted by Gasteiger charge is 2.07. The molecule has 0 fully saturated rings. The summed E-state index contributed by atoms with van der Waals surface area (Å²) in [5.74, 6) is 0. The first-order chi connectivity index (χ1) is 7.63. The van der Waals surface area contributed by atoms with Crippen LogP contribution in [0.15, 0.2) is 24.3 Å². The van der Waals surface area contributed by atoms with Gasteiger partial charge in [-0.05, 0) is 50.7 Å². The Labute approximate surface area is 103 Å². The molecule has 0 aliphatic rings. The summed E-state index contributed by atoms with van der Waals surface area (Å²) in [6.45, 7) is 4.34. The molecular weight excluding hydrogens is 220 g/mol. The third-order valence-electron chi connectivity index (χ3n) is 2.70. The van der Waals surface area contributed by atoms with Crippen LogP contribution in [0.1, 0.15) is 31.4 Å². The molecule has 0 amide bonds. The van der Waals surface area contributed by atoms with Gasteiger partial charge in [-0.25, -0.2) is 0 Å². The number of benzene rings is 1. The molecule has 1 atom stereocenters. The van der Waals surface area contributed by atoms with Gasteiger partial charge in [-0.3, -0.25) is 0 Å². The monoisotopic (exact) mass is 240 g/mol. The Morgan fingerprint density at radius 3 is 2.75 bits per heavy atom. The molecule has 0 saturated carbocycles. The lowest BCUT2D eigenvalue weighted by Crippen LogP contribution is -2.24. The molecule has 1 aromatic rings. The van der Waals surface area contributed by atoms with Gasteiger partial charge in [0.05, 0.1) is 0 Å². The minimum Gasteiger partial charge on any atom is -0.324 e. The highest BCUT2D eigenvalue weighted by atomic mass is 35.5. The van der Waals surface area contributed by atoms with Crippen molar-refractivity contribution in [3.63, 3.8) is 0 Å². The van der Waals surface area contributed by atoms with E-state index in [0.29, 0.717) is 0 Å². The Balaban J connectivity index is 2.43. The quantitative estimate of drug-likeness (QED) is 0.828. The number of rotatable bonds is 6. The standard InChI is InChI=1S/C13H21ClN2/c1-3-8-16(2)9-7-13(15)11-5-4-6-12(14)10-11/h4-6,10,13H,3,7-9,15H2,1-2H3. The van der Waals surface area contributed by atoms with E-state index in [0.717, 1.165) is 30.1 Å². The van der Waals surface area contributed by atoms with Gasteiger partial charge in [-0.2, -0.15) is 0 Å². The van der Waals surface area contributed by atoms with Gasteiger partial charge in [0.1, 0.15) is 0 Å². The molecule has 0 aliphatic heterocycles. The molecular formula is C13H21ClN2. The summed E-state index contributed by atoms with van der Waals surface area (Å²) in [6.07, 6.45) is 2.15. The molecule has 0 aliphatic carbocycles. The third kappa shape index (κ3) is 4.52. The van der Waals surface area contributed by atoms with Crippen molar-refractivity contribution in [3.8, 4) is 0 Å². The fourth-order valence-corrected chi connectivity index (χ4v) is 1.96. The van der Waals surface area contributed by atoms with E-state index in [-0.39, 0.29) is 6.04 Å². The molecule has 0 spiro atoms. The number of nitrogens with zero attached hydrogens (tertiary/aromatic N) is 1. The summed E-state index contributed by atoms with van der Waals surface area (Å²) in [7, 11) is 2.13. The molecule has 0 heterocycles. The molecule has 1 unspecified atom stereocenters. The predicted molar refractivity (Wildman–Crippen MR) is 70.8 cm³/mol.